The van der Waals surface area contributed by atoms with Crippen LogP contribution in [0.25, 0.3) is 5.57 Å². The van der Waals surface area contributed by atoms with Crippen molar-refractivity contribution in [1.82, 2.24) is 20.6 Å². The van der Waals surface area contributed by atoms with Gasteiger partial charge in [0, 0.05) is 12.3 Å². The molecule has 12 heteroatoms. The van der Waals surface area contributed by atoms with Crippen LogP contribution in [0.15, 0.2) is 18.3 Å². The van der Waals surface area contributed by atoms with E-state index in [1.165, 1.54) is 12.3 Å². The molecular weight excluding hydrogens is 377 g/mol. The standard InChI is InChI=1S/C17H20BN7O4/c1-10-6-12(18-28-16(2,3)17(4,5)29-18)7-13(25(26)27)14(10)20-9-11(8-19)15-21-23-24-22-15/h6-7,9,20H,1-5H3,(H,21,22,23,24). The summed E-state index contributed by atoms with van der Waals surface area (Å²) in [6.45, 7) is 9.37. The first-order chi connectivity index (χ1) is 13.6. The van der Waals surface area contributed by atoms with E-state index in [9.17, 15) is 15.4 Å². The summed E-state index contributed by atoms with van der Waals surface area (Å²) >= 11 is 0. The van der Waals surface area contributed by atoms with Crippen molar-refractivity contribution >= 4 is 29.5 Å². The Morgan fingerprint density at radius 3 is 2.52 bits per heavy atom. The van der Waals surface area contributed by atoms with Crippen molar-refractivity contribution in [2.24, 2.45) is 0 Å². The van der Waals surface area contributed by atoms with Crippen molar-refractivity contribution < 1.29 is 14.2 Å². The number of nitrogens with zero attached hydrogens (tertiary/aromatic N) is 5. The summed E-state index contributed by atoms with van der Waals surface area (Å²) in [7, 11) is -0.726. The van der Waals surface area contributed by atoms with Gasteiger partial charge in [0.05, 0.1) is 16.1 Å². The number of anilines is 1. The maximum Gasteiger partial charge on any atom is 0.495 e. The zero-order valence-corrected chi connectivity index (χ0v) is 16.7. The number of nitrogens with one attached hydrogen (secondary N) is 2. The molecule has 150 valence electrons. The van der Waals surface area contributed by atoms with Crippen LogP contribution < -0.4 is 10.8 Å². The monoisotopic (exact) mass is 397 g/mol. The van der Waals surface area contributed by atoms with Crippen LogP contribution in [0.4, 0.5) is 11.4 Å². The largest absolute Gasteiger partial charge is 0.495 e. The number of H-pyrrole nitrogens is 1. The number of aryl methyl sites for hydroxylation is 1. The first-order valence-electron chi connectivity index (χ1n) is 8.81. The number of benzene rings is 1. The molecule has 0 spiro atoms. The first kappa shape index (κ1) is 20.4. The van der Waals surface area contributed by atoms with Gasteiger partial charge < -0.3 is 14.6 Å². The minimum Gasteiger partial charge on any atom is -0.399 e. The molecule has 0 atom stereocenters. The van der Waals surface area contributed by atoms with Crippen molar-refractivity contribution in [3.63, 3.8) is 0 Å². The van der Waals surface area contributed by atoms with Gasteiger partial charge in [-0.1, -0.05) is 6.07 Å². The van der Waals surface area contributed by atoms with Gasteiger partial charge in [0.1, 0.15) is 17.3 Å². The molecule has 1 aliphatic rings. The van der Waals surface area contributed by atoms with Gasteiger partial charge in [-0.15, -0.1) is 10.2 Å². The van der Waals surface area contributed by atoms with Crippen LogP contribution in [-0.4, -0.2) is 43.9 Å². The van der Waals surface area contributed by atoms with Gasteiger partial charge in [-0.2, -0.15) is 10.5 Å². The molecule has 1 fully saturated rings. The lowest BCUT2D eigenvalue weighted by molar-refractivity contribution is -0.383. The number of allylic oxidation sites excluding steroid dienone is 1. The predicted octanol–water partition coefficient (Wildman–Crippen LogP) is 1.69. The van der Waals surface area contributed by atoms with Crippen LogP contribution >= 0.6 is 0 Å². The van der Waals surface area contributed by atoms with Gasteiger partial charge in [0.15, 0.2) is 0 Å². The quantitative estimate of drug-likeness (QED) is 0.332. The second-order valence-electron chi connectivity index (χ2n) is 7.63. The molecule has 0 amide bonds. The molecule has 2 N–H and O–H groups in total. The van der Waals surface area contributed by atoms with E-state index in [4.69, 9.17) is 9.31 Å². The fourth-order valence-corrected chi connectivity index (χ4v) is 2.81. The van der Waals surface area contributed by atoms with Crippen LogP contribution in [0.2, 0.25) is 0 Å². The summed E-state index contributed by atoms with van der Waals surface area (Å²) in [5.41, 5.74) is 0.149. The Kier molecular flexibility index (Phi) is 5.12. The molecule has 1 aromatic carbocycles. The SMILES string of the molecule is Cc1cc(B2OC(C)(C)C(C)(C)O2)cc([N+](=O)[O-])c1NC=C(C#N)c1nn[nH]n1. The molecule has 0 bridgehead atoms. The Balaban J connectivity index is 1.96. The fourth-order valence-electron chi connectivity index (χ4n) is 2.81. The summed E-state index contributed by atoms with van der Waals surface area (Å²) in [6.07, 6.45) is 1.30. The Morgan fingerprint density at radius 2 is 2.00 bits per heavy atom. The predicted molar refractivity (Wildman–Crippen MR) is 105 cm³/mol. The minimum atomic E-state index is -0.726. The van der Waals surface area contributed by atoms with E-state index in [0.717, 1.165) is 0 Å². The third kappa shape index (κ3) is 3.82. The molecule has 0 unspecified atom stereocenters. The van der Waals surface area contributed by atoms with Gasteiger partial charge in [0.2, 0.25) is 5.82 Å². The van der Waals surface area contributed by atoms with Gasteiger partial charge in [-0.25, -0.2) is 0 Å². The molecule has 2 heterocycles. The number of nitriles is 1. The van der Waals surface area contributed by atoms with E-state index in [2.05, 4.69) is 25.9 Å². The topological polar surface area (TPSA) is 152 Å². The molecule has 3 rings (SSSR count). The highest BCUT2D eigenvalue weighted by atomic mass is 16.7. The van der Waals surface area contributed by atoms with E-state index in [1.54, 1.807) is 13.0 Å². The van der Waals surface area contributed by atoms with Crippen LogP contribution in [0.3, 0.4) is 0 Å². The van der Waals surface area contributed by atoms with E-state index in [0.29, 0.717) is 11.0 Å². The summed E-state index contributed by atoms with van der Waals surface area (Å²) in [6, 6.07) is 5.08. The van der Waals surface area contributed by atoms with Crippen molar-refractivity contribution in [2.75, 3.05) is 5.32 Å². The molecular formula is C17H20BN7O4. The van der Waals surface area contributed by atoms with E-state index < -0.39 is 23.2 Å². The van der Waals surface area contributed by atoms with Crippen LogP contribution in [0.5, 0.6) is 0 Å². The summed E-state index contributed by atoms with van der Waals surface area (Å²) in [4.78, 5) is 11.2. The van der Waals surface area contributed by atoms with Gasteiger partial charge >= 0.3 is 7.12 Å². The van der Waals surface area contributed by atoms with E-state index in [-0.39, 0.29) is 22.8 Å². The zero-order chi connectivity index (χ0) is 21.4. The number of nitro groups is 1. The lowest BCUT2D eigenvalue weighted by Gasteiger charge is -2.32. The average molecular weight is 397 g/mol. The highest BCUT2D eigenvalue weighted by Gasteiger charge is 2.52. The second-order valence-corrected chi connectivity index (χ2v) is 7.63. The summed E-state index contributed by atoms with van der Waals surface area (Å²) in [5.74, 6) is 0.0779. The molecule has 0 saturated carbocycles. The van der Waals surface area contributed by atoms with Crippen molar-refractivity contribution in [2.45, 2.75) is 45.8 Å². The fraction of sp³-hybridized carbons (Fsp3) is 0.412. The van der Waals surface area contributed by atoms with Crippen molar-refractivity contribution in [3.8, 4) is 6.07 Å². The zero-order valence-electron chi connectivity index (χ0n) is 16.7. The highest BCUT2D eigenvalue weighted by Crippen LogP contribution is 2.37. The number of tetrazole rings is 1. The maximum absolute atomic E-state index is 11.7. The molecule has 11 nitrogen and oxygen atoms in total. The Hall–Kier alpha value is -3.30. The first-order valence-corrected chi connectivity index (χ1v) is 8.81. The normalized spacial score (nSPS) is 17.8. The number of hydrogen-bond acceptors (Lipinski definition) is 9. The minimum absolute atomic E-state index is 0.0717. The van der Waals surface area contributed by atoms with Gasteiger partial charge in [-0.3, -0.25) is 10.1 Å². The number of hydrogen-bond donors (Lipinski definition) is 2. The third-order valence-electron chi connectivity index (χ3n) is 5.13. The number of nitro benzene ring substituents is 1. The Morgan fingerprint density at radius 1 is 1.34 bits per heavy atom. The van der Waals surface area contributed by atoms with Crippen LogP contribution in [0, 0.1) is 28.4 Å². The van der Waals surface area contributed by atoms with E-state index >= 15 is 0 Å². The van der Waals surface area contributed by atoms with Crippen molar-refractivity contribution in [3.05, 3.63) is 39.8 Å². The van der Waals surface area contributed by atoms with Crippen LogP contribution in [-0.2, 0) is 9.31 Å². The molecule has 1 aliphatic heterocycles. The Labute approximate surface area is 167 Å². The van der Waals surface area contributed by atoms with Crippen LogP contribution in [0.1, 0.15) is 39.1 Å². The third-order valence-corrected chi connectivity index (χ3v) is 5.13. The number of rotatable bonds is 5. The molecule has 1 saturated heterocycles. The average Bonchev–Trinajstić information content (AvgIpc) is 3.22. The molecule has 29 heavy (non-hydrogen) atoms. The number of aromatic amines is 1. The van der Waals surface area contributed by atoms with Gasteiger partial charge in [0.25, 0.3) is 5.69 Å². The van der Waals surface area contributed by atoms with Crippen molar-refractivity contribution in [1.29, 1.82) is 5.26 Å². The smallest absolute Gasteiger partial charge is 0.399 e. The molecule has 0 aliphatic carbocycles. The molecule has 1 aromatic heterocycles. The highest BCUT2D eigenvalue weighted by molar-refractivity contribution is 6.62. The van der Waals surface area contributed by atoms with Gasteiger partial charge in [-0.05, 0) is 50.9 Å². The lowest BCUT2D eigenvalue weighted by atomic mass is 9.78. The number of aromatic nitrogens is 4. The Bertz CT molecular complexity index is 996. The molecule has 2 aromatic rings. The molecule has 0 radical (unpaired) electrons. The lowest BCUT2D eigenvalue weighted by Crippen LogP contribution is -2.41. The second kappa shape index (κ2) is 7.27. The summed E-state index contributed by atoms with van der Waals surface area (Å²) < 4.78 is 12.0. The maximum atomic E-state index is 11.7. The summed E-state index contributed by atoms with van der Waals surface area (Å²) in [5, 5.41) is 36.9. The van der Waals surface area contributed by atoms with E-state index in [1.807, 2.05) is 33.8 Å².